The van der Waals surface area contributed by atoms with Crippen molar-refractivity contribution in [2.75, 3.05) is 63.4 Å². The van der Waals surface area contributed by atoms with Gasteiger partial charge in [-0.1, -0.05) is 29.3 Å². The lowest BCUT2D eigenvalue weighted by molar-refractivity contribution is -0.141. The van der Waals surface area contributed by atoms with E-state index < -0.39 is 29.3 Å². The number of nitrogens with zero attached hydrogens (tertiary/aromatic N) is 10. The summed E-state index contributed by atoms with van der Waals surface area (Å²) < 4.78 is 91.3. The Balaban J connectivity index is 1.23. The minimum Gasteiger partial charge on any atom is -0.338 e. The number of alkyl halides is 6. The van der Waals surface area contributed by atoms with Crippen molar-refractivity contribution in [3.05, 3.63) is 69.2 Å². The highest BCUT2D eigenvalue weighted by Crippen LogP contribution is 2.40. The normalized spacial score (nSPS) is 16.4. The molecule has 2 aromatic carbocycles. The number of nitrogens with one attached hydrogen (secondary N) is 2. The maximum absolute atomic E-state index is 15.2. The molecule has 6 heterocycles. The SMILES string of the molecule is Cc1ccc2[nH]c(-c3cnc(N(CCCC4CCN(C)CC4)N(CCCC4CCN(C)CC4)c4ncc(-c5nc6c(Cl)cc(Cl)cc6[nH]5)c(C(F)(F)F)n4)nc3C(F)(F)F)nc2c1C. The molecule has 8 rings (SSSR count). The number of fused-ring (bicyclic) bond motifs is 2. The molecule has 342 valence electrons. The van der Waals surface area contributed by atoms with Gasteiger partial charge in [-0.05, 0) is 147 Å². The zero-order valence-corrected chi connectivity index (χ0v) is 37.5. The molecule has 0 bridgehead atoms. The van der Waals surface area contributed by atoms with Crippen LogP contribution in [0.5, 0.6) is 0 Å². The molecule has 0 amide bonds. The molecular weight excluding hydrogens is 881 g/mol. The van der Waals surface area contributed by atoms with Crippen molar-refractivity contribution in [1.29, 1.82) is 0 Å². The summed E-state index contributed by atoms with van der Waals surface area (Å²) in [6, 6.07) is 6.54. The van der Waals surface area contributed by atoms with E-state index in [2.05, 4.69) is 63.8 Å². The molecule has 0 unspecified atom stereocenters. The average Bonchev–Trinajstić information content (AvgIpc) is 3.89. The Labute approximate surface area is 376 Å². The van der Waals surface area contributed by atoms with Gasteiger partial charge in [0.05, 0.1) is 32.7 Å². The summed E-state index contributed by atoms with van der Waals surface area (Å²) >= 11 is 12.5. The fourth-order valence-corrected chi connectivity index (χ4v) is 9.34. The lowest BCUT2D eigenvalue weighted by Crippen LogP contribution is -2.47. The predicted molar refractivity (Wildman–Crippen MR) is 237 cm³/mol. The van der Waals surface area contributed by atoms with E-state index in [9.17, 15) is 0 Å². The van der Waals surface area contributed by atoms with Gasteiger partial charge in [0.1, 0.15) is 17.2 Å². The second-order valence-electron chi connectivity index (χ2n) is 17.2. The summed E-state index contributed by atoms with van der Waals surface area (Å²) in [7, 11) is 4.13. The van der Waals surface area contributed by atoms with Gasteiger partial charge in [0.15, 0.2) is 11.4 Å². The van der Waals surface area contributed by atoms with E-state index in [0.717, 1.165) is 88.2 Å². The molecule has 4 aromatic heterocycles. The number of aromatic nitrogens is 8. The Morgan fingerprint density at radius 2 is 1.12 bits per heavy atom. The first-order chi connectivity index (χ1) is 30.4. The summed E-state index contributed by atoms with van der Waals surface area (Å²) in [6.45, 7) is 7.56. The minimum atomic E-state index is -5.00. The van der Waals surface area contributed by atoms with Crippen LogP contribution < -0.4 is 10.0 Å². The van der Waals surface area contributed by atoms with Crippen molar-refractivity contribution in [2.45, 2.75) is 77.6 Å². The monoisotopic (exact) mass is 930 g/mol. The maximum atomic E-state index is 15.2. The van der Waals surface area contributed by atoms with E-state index in [0.29, 0.717) is 41.2 Å². The molecule has 6 aromatic rings. The van der Waals surface area contributed by atoms with Gasteiger partial charge in [-0.2, -0.15) is 26.3 Å². The van der Waals surface area contributed by atoms with Crippen molar-refractivity contribution in [3.63, 3.8) is 0 Å². The number of hydrogen-bond acceptors (Lipinski definition) is 10. The predicted octanol–water partition coefficient (Wildman–Crippen LogP) is 10.8. The number of likely N-dealkylation sites (tertiary alicyclic amines) is 2. The van der Waals surface area contributed by atoms with Gasteiger partial charge in [0, 0.05) is 30.5 Å². The number of aryl methyl sites for hydroxylation is 2. The van der Waals surface area contributed by atoms with Crippen LogP contribution in [0.1, 0.15) is 73.9 Å². The van der Waals surface area contributed by atoms with Crippen LogP contribution in [0, 0.1) is 25.7 Å². The molecule has 0 atom stereocenters. The smallest absolute Gasteiger partial charge is 0.338 e. The highest BCUT2D eigenvalue weighted by molar-refractivity contribution is 6.38. The summed E-state index contributed by atoms with van der Waals surface area (Å²) in [5.74, 6) is -0.250. The third kappa shape index (κ3) is 10.0. The van der Waals surface area contributed by atoms with Crippen LogP contribution >= 0.6 is 23.2 Å². The number of piperidine rings is 2. The van der Waals surface area contributed by atoms with Crippen molar-refractivity contribution in [3.8, 4) is 22.8 Å². The molecular formula is C44H50Cl2F6N12. The van der Waals surface area contributed by atoms with Crippen LogP contribution in [-0.2, 0) is 12.4 Å². The molecule has 2 saturated heterocycles. The fraction of sp³-hybridized carbons (Fsp3) is 0.500. The quantitative estimate of drug-likeness (QED) is 0.0855. The number of rotatable bonds is 13. The summed E-state index contributed by atoms with van der Waals surface area (Å²) in [6.07, 6.45) is -1.61. The third-order valence-electron chi connectivity index (χ3n) is 12.7. The Hall–Kier alpha value is -4.78. The number of halogens is 8. The highest BCUT2D eigenvalue weighted by atomic mass is 35.5. The molecule has 2 fully saturated rings. The third-order valence-corrected chi connectivity index (χ3v) is 13.2. The standard InChI is InChI=1S/C44H50Cl2F6N12/c1-25-9-10-33-35(26(25)2)57-39(55-33)30-23-53-41(59-37(30)43(47,48)49)63(15-5-7-27-11-17-61(3)18-12-27)64(16-6-8-28-13-19-62(4)20-14-28)42-54-24-31(38(60-42)44(50,51)52)40-56-34-22-29(45)21-32(46)36(34)58-40/h9-10,21-24,27-28H,5-8,11-20H2,1-4H3,(H,55,57)(H,56,58). The van der Waals surface area contributed by atoms with Gasteiger partial charge < -0.3 is 19.8 Å². The number of benzene rings is 2. The Morgan fingerprint density at radius 3 is 1.61 bits per heavy atom. The topological polar surface area (TPSA) is 122 Å². The van der Waals surface area contributed by atoms with E-state index in [1.807, 2.05) is 19.9 Å². The number of H-pyrrole nitrogens is 2. The molecule has 0 spiro atoms. The largest absolute Gasteiger partial charge is 0.434 e. The average molecular weight is 932 g/mol. The van der Waals surface area contributed by atoms with Gasteiger partial charge in [-0.25, -0.2) is 39.9 Å². The zero-order valence-electron chi connectivity index (χ0n) is 36.0. The Morgan fingerprint density at radius 1 is 0.656 bits per heavy atom. The van der Waals surface area contributed by atoms with Crippen LogP contribution in [-0.4, -0.2) is 103 Å². The number of hydrogen-bond donors (Lipinski definition) is 2. The lowest BCUT2D eigenvalue weighted by atomic mass is 9.92. The highest BCUT2D eigenvalue weighted by Gasteiger charge is 2.41. The summed E-state index contributed by atoms with van der Waals surface area (Å²) in [5, 5.41) is 3.24. The van der Waals surface area contributed by atoms with E-state index >= 15 is 26.3 Å². The van der Waals surface area contributed by atoms with Crippen LogP contribution in [0.15, 0.2) is 36.7 Å². The lowest BCUT2D eigenvalue weighted by Gasteiger charge is -2.37. The number of imidazole rings is 2. The van der Waals surface area contributed by atoms with Gasteiger partial charge in [0.2, 0.25) is 11.9 Å². The molecule has 0 aliphatic carbocycles. The van der Waals surface area contributed by atoms with Crippen molar-refractivity contribution in [2.24, 2.45) is 11.8 Å². The first-order valence-electron chi connectivity index (χ1n) is 21.5. The van der Waals surface area contributed by atoms with Crippen molar-refractivity contribution >= 4 is 57.2 Å². The minimum absolute atomic E-state index is 0.0609. The van der Waals surface area contributed by atoms with E-state index in [1.54, 1.807) is 6.07 Å². The van der Waals surface area contributed by atoms with Crippen LogP contribution in [0.4, 0.5) is 38.2 Å². The fourth-order valence-electron chi connectivity index (χ4n) is 8.80. The van der Waals surface area contributed by atoms with Gasteiger partial charge in [-0.3, -0.25) is 0 Å². The Bertz CT molecular complexity index is 2500. The molecule has 12 nitrogen and oxygen atoms in total. The van der Waals surface area contributed by atoms with E-state index in [-0.39, 0.29) is 57.8 Å². The van der Waals surface area contributed by atoms with Gasteiger partial charge in [-0.15, -0.1) is 0 Å². The molecule has 0 radical (unpaired) electrons. The van der Waals surface area contributed by atoms with Crippen LogP contribution in [0.2, 0.25) is 10.0 Å². The molecule has 64 heavy (non-hydrogen) atoms. The van der Waals surface area contributed by atoms with E-state index in [1.165, 1.54) is 22.2 Å². The first kappa shape index (κ1) is 45.8. The second kappa shape index (κ2) is 18.6. The first-order valence-corrected chi connectivity index (χ1v) is 22.3. The van der Waals surface area contributed by atoms with Crippen LogP contribution in [0.25, 0.3) is 44.8 Å². The molecule has 20 heteroatoms. The van der Waals surface area contributed by atoms with Gasteiger partial charge >= 0.3 is 12.4 Å². The Kier molecular flexibility index (Phi) is 13.3. The number of hydrazine groups is 1. The zero-order chi connectivity index (χ0) is 45.5. The van der Waals surface area contributed by atoms with Crippen LogP contribution in [0.3, 0.4) is 0 Å². The molecule has 2 aliphatic rings. The molecule has 2 N–H and O–H groups in total. The van der Waals surface area contributed by atoms with Crippen molar-refractivity contribution in [1.82, 2.24) is 49.7 Å². The van der Waals surface area contributed by atoms with E-state index in [4.69, 9.17) is 23.2 Å². The van der Waals surface area contributed by atoms with Gasteiger partial charge in [0.25, 0.3) is 0 Å². The number of aromatic amines is 2. The summed E-state index contributed by atoms with van der Waals surface area (Å²) in [5.41, 5.74) is -0.0181. The molecule has 2 aliphatic heterocycles. The van der Waals surface area contributed by atoms with Crippen molar-refractivity contribution < 1.29 is 26.3 Å². The number of anilines is 2. The maximum Gasteiger partial charge on any atom is 0.434 e. The summed E-state index contributed by atoms with van der Waals surface area (Å²) in [4.78, 5) is 36.6. The molecule has 0 saturated carbocycles. The second-order valence-corrected chi connectivity index (χ2v) is 18.1.